The third-order valence-electron chi connectivity index (χ3n) is 2.14. The molecule has 1 aromatic rings. The molecule has 1 aliphatic heterocycles. The Morgan fingerprint density at radius 2 is 2.50 bits per heavy atom. The summed E-state index contributed by atoms with van der Waals surface area (Å²) in [6.07, 6.45) is -0.872. The molecule has 0 saturated heterocycles. The van der Waals surface area contributed by atoms with Crippen molar-refractivity contribution in [3.8, 4) is 0 Å². The number of H-pyrrole nitrogens is 1. The highest BCUT2D eigenvalue weighted by atomic mass is 16.6. The second-order valence-corrected chi connectivity index (χ2v) is 3.42. The Hall–Kier alpha value is -1.80. The Kier molecular flexibility index (Phi) is 2.67. The van der Waals surface area contributed by atoms with Gasteiger partial charge in [0, 0.05) is 0 Å². The number of fused-ring (bicyclic) bond motifs is 1. The summed E-state index contributed by atoms with van der Waals surface area (Å²) >= 11 is 0. The van der Waals surface area contributed by atoms with E-state index in [0.29, 0.717) is 18.2 Å². The zero-order chi connectivity index (χ0) is 11.7. The highest BCUT2D eigenvalue weighted by Crippen LogP contribution is 2.25. The molecule has 0 amide bonds. The topological polar surface area (TPSA) is 116 Å². The van der Waals surface area contributed by atoms with Crippen LogP contribution in [0.15, 0.2) is 4.79 Å². The molecule has 0 radical (unpaired) electrons. The van der Waals surface area contributed by atoms with E-state index in [4.69, 9.17) is 15.6 Å². The van der Waals surface area contributed by atoms with Crippen LogP contribution in [0.5, 0.6) is 0 Å². The monoisotopic (exact) mass is 227 g/mol. The van der Waals surface area contributed by atoms with Gasteiger partial charge in [0.25, 0.3) is 5.56 Å². The zero-order valence-corrected chi connectivity index (χ0v) is 8.73. The van der Waals surface area contributed by atoms with Crippen LogP contribution in [0.1, 0.15) is 6.92 Å². The first kappa shape index (κ1) is 10.7. The smallest absolute Gasteiger partial charge is 0.277 e. The van der Waals surface area contributed by atoms with Crippen molar-refractivity contribution in [2.24, 2.45) is 0 Å². The van der Waals surface area contributed by atoms with E-state index < -0.39 is 6.29 Å². The number of anilines is 3. The number of aromatic amines is 1. The quantitative estimate of drug-likeness (QED) is 0.482. The van der Waals surface area contributed by atoms with E-state index in [1.165, 1.54) is 6.92 Å². The van der Waals surface area contributed by atoms with Gasteiger partial charge in [0.05, 0.1) is 6.67 Å². The van der Waals surface area contributed by atoms with Crippen molar-refractivity contribution in [3.63, 3.8) is 0 Å². The van der Waals surface area contributed by atoms with Crippen LogP contribution >= 0.6 is 0 Å². The fourth-order valence-corrected chi connectivity index (χ4v) is 1.42. The summed E-state index contributed by atoms with van der Waals surface area (Å²) in [4.78, 5) is 19.5. The average molecular weight is 227 g/mol. The summed E-state index contributed by atoms with van der Waals surface area (Å²) in [6.45, 7) is 2.03. The van der Waals surface area contributed by atoms with Crippen molar-refractivity contribution in [1.29, 1.82) is 0 Å². The second kappa shape index (κ2) is 3.99. The van der Waals surface area contributed by atoms with Gasteiger partial charge in [-0.15, -0.1) is 0 Å². The maximum absolute atomic E-state index is 11.5. The number of aliphatic hydroxyl groups excluding tert-OH is 1. The molecule has 0 saturated carbocycles. The minimum absolute atomic E-state index is 0.0505. The van der Waals surface area contributed by atoms with E-state index in [1.54, 1.807) is 4.90 Å². The summed E-state index contributed by atoms with van der Waals surface area (Å²) in [5.41, 5.74) is 5.49. The van der Waals surface area contributed by atoms with Crippen LogP contribution in [-0.4, -0.2) is 34.8 Å². The molecule has 1 atom stereocenters. The van der Waals surface area contributed by atoms with Crippen molar-refractivity contribution in [1.82, 2.24) is 9.97 Å². The van der Waals surface area contributed by atoms with E-state index in [2.05, 4.69) is 15.3 Å². The number of hydrogen-bond acceptors (Lipinski definition) is 7. The van der Waals surface area contributed by atoms with E-state index in [-0.39, 0.29) is 18.2 Å². The molecule has 0 fully saturated rings. The van der Waals surface area contributed by atoms with Crippen LogP contribution in [0, 0.1) is 0 Å². The van der Waals surface area contributed by atoms with E-state index >= 15 is 0 Å². The number of rotatable bonds is 3. The van der Waals surface area contributed by atoms with Gasteiger partial charge >= 0.3 is 0 Å². The highest BCUT2D eigenvalue weighted by molar-refractivity contribution is 5.70. The molecule has 1 unspecified atom stereocenters. The molecule has 8 nitrogen and oxygen atoms in total. The lowest BCUT2D eigenvalue weighted by molar-refractivity contribution is -0.0840. The number of aromatic nitrogens is 2. The Morgan fingerprint density at radius 3 is 3.19 bits per heavy atom. The predicted molar refractivity (Wildman–Crippen MR) is 57.9 cm³/mol. The first-order chi connectivity index (χ1) is 7.58. The molecular formula is C8H13N5O3. The lowest BCUT2D eigenvalue weighted by atomic mass is 10.5. The summed E-state index contributed by atoms with van der Waals surface area (Å²) in [7, 11) is 0. The summed E-state index contributed by atoms with van der Waals surface area (Å²) in [6, 6.07) is 0. The number of nitrogens with zero attached hydrogens (tertiary/aromatic N) is 2. The molecule has 1 aromatic heterocycles. The molecule has 2 heterocycles. The van der Waals surface area contributed by atoms with Gasteiger partial charge in [0.2, 0.25) is 5.95 Å². The van der Waals surface area contributed by atoms with Crippen LogP contribution in [0.25, 0.3) is 0 Å². The van der Waals surface area contributed by atoms with Crippen LogP contribution in [0.3, 0.4) is 0 Å². The first-order valence-corrected chi connectivity index (χ1v) is 4.76. The van der Waals surface area contributed by atoms with Gasteiger partial charge in [-0.3, -0.25) is 9.78 Å². The van der Waals surface area contributed by atoms with Crippen LogP contribution in [0.2, 0.25) is 0 Å². The van der Waals surface area contributed by atoms with E-state index in [1.807, 2.05) is 0 Å². The number of aliphatic hydroxyl groups is 1. The van der Waals surface area contributed by atoms with Gasteiger partial charge in [-0.05, 0) is 6.92 Å². The summed E-state index contributed by atoms with van der Waals surface area (Å²) < 4.78 is 5.01. The maximum Gasteiger partial charge on any atom is 0.277 e. The van der Waals surface area contributed by atoms with Gasteiger partial charge < -0.3 is 25.8 Å². The SMILES string of the molecule is CC(O)OCN1CNc2c1nc(N)[nH]c2=O. The van der Waals surface area contributed by atoms with Crippen molar-refractivity contribution in [2.75, 3.05) is 29.3 Å². The predicted octanol–water partition coefficient (Wildman–Crippen LogP) is -1.15. The number of nitrogen functional groups attached to an aromatic ring is 1. The van der Waals surface area contributed by atoms with Crippen LogP contribution in [0.4, 0.5) is 17.5 Å². The highest BCUT2D eigenvalue weighted by Gasteiger charge is 2.23. The molecule has 0 bridgehead atoms. The number of ether oxygens (including phenoxy) is 1. The van der Waals surface area contributed by atoms with Crippen LogP contribution < -0.4 is 21.5 Å². The molecule has 0 spiro atoms. The third-order valence-corrected chi connectivity index (χ3v) is 2.14. The standard InChI is InChI=1S/C8H13N5O3/c1-4(14)16-3-13-2-10-5-6(13)11-8(9)12-7(5)15/h4,10,14H,2-3H2,1H3,(H3,9,11,12,15). The molecular weight excluding hydrogens is 214 g/mol. The van der Waals surface area contributed by atoms with Gasteiger partial charge in [0.1, 0.15) is 12.4 Å². The summed E-state index contributed by atoms with van der Waals surface area (Å²) in [5, 5.41) is 11.9. The second-order valence-electron chi connectivity index (χ2n) is 3.42. The molecule has 5 N–H and O–H groups in total. The lowest BCUT2D eigenvalue weighted by Crippen LogP contribution is -2.28. The third kappa shape index (κ3) is 1.92. The fourth-order valence-electron chi connectivity index (χ4n) is 1.42. The molecule has 0 aliphatic carbocycles. The zero-order valence-electron chi connectivity index (χ0n) is 8.73. The number of nitrogens with one attached hydrogen (secondary N) is 2. The normalized spacial score (nSPS) is 15.8. The Bertz CT molecular complexity index is 444. The minimum atomic E-state index is -0.872. The molecule has 8 heteroatoms. The average Bonchev–Trinajstić information content (AvgIpc) is 2.58. The molecule has 88 valence electrons. The Labute approximate surface area is 91.0 Å². The number of nitrogens with two attached hydrogens (primary N) is 1. The van der Waals surface area contributed by atoms with Crippen molar-refractivity contribution in [2.45, 2.75) is 13.2 Å². The van der Waals surface area contributed by atoms with Crippen molar-refractivity contribution < 1.29 is 9.84 Å². The first-order valence-electron chi connectivity index (χ1n) is 4.76. The molecule has 2 rings (SSSR count). The fraction of sp³-hybridized carbons (Fsp3) is 0.500. The molecule has 0 aromatic carbocycles. The van der Waals surface area contributed by atoms with E-state index in [0.717, 1.165) is 0 Å². The van der Waals surface area contributed by atoms with Gasteiger partial charge in [-0.2, -0.15) is 4.98 Å². The Balaban J connectivity index is 2.22. The molecule has 1 aliphatic rings. The minimum Gasteiger partial charge on any atom is -0.369 e. The van der Waals surface area contributed by atoms with Crippen molar-refractivity contribution in [3.05, 3.63) is 10.4 Å². The van der Waals surface area contributed by atoms with Crippen LogP contribution in [-0.2, 0) is 4.74 Å². The van der Waals surface area contributed by atoms with Crippen molar-refractivity contribution >= 4 is 17.5 Å². The Morgan fingerprint density at radius 1 is 1.75 bits per heavy atom. The largest absolute Gasteiger partial charge is 0.369 e. The van der Waals surface area contributed by atoms with E-state index in [9.17, 15) is 4.79 Å². The van der Waals surface area contributed by atoms with Gasteiger partial charge in [-0.25, -0.2) is 0 Å². The number of hydrogen-bond donors (Lipinski definition) is 4. The van der Waals surface area contributed by atoms with Gasteiger partial charge in [0.15, 0.2) is 12.1 Å². The summed E-state index contributed by atoms with van der Waals surface area (Å²) in [5.74, 6) is 0.483. The van der Waals surface area contributed by atoms with Gasteiger partial charge in [-0.1, -0.05) is 0 Å². The molecule has 16 heavy (non-hydrogen) atoms. The maximum atomic E-state index is 11.5. The lowest BCUT2D eigenvalue weighted by Gasteiger charge is -2.17.